The fourth-order valence-corrected chi connectivity index (χ4v) is 1.07. The van der Waals surface area contributed by atoms with E-state index in [0.717, 1.165) is 0 Å². The molecule has 1 aromatic rings. The fourth-order valence-electron chi connectivity index (χ4n) is 1.07. The van der Waals surface area contributed by atoms with E-state index in [-0.39, 0.29) is 12.6 Å². The number of aromatic nitrogens is 3. The zero-order valence-corrected chi connectivity index (χ0v) is 10.4. The zero-order valence-electron chi connectivity index (χ0n) is 10.4. The number of carbonyl (C=O) groups excluding carboxylic acids is 1. The summed E-state index contributed by atoms with van der Waals surface area (Å²) >= 11 is 0. The number of carbonyl (C=O) groups is 1. The van der Waals surface area contributed by atoms with Crippen molar-refractivity contribution in [2.45, 2.75) is 0 Å². The Kier molecular flexibility index (Phi) is 5.06. The molecule has 0 aliphatic rings. The Balaban J connectivity index is 2.44. The lowest BCUT2D eigenvalue weighted by Gasteiger charge is -2.12. The van der Waals surface area contributed by atoms with Gasteiger partial charge >= 0.3 is 0 Å². The molecule has 1 aromatic heterocycles. The molecule has 9 heteroatoms. The lowest BCUT2D eigenvalue weighted by molar-refractivity contribution is -0.122. The Bertz CT molecular complexity index is 410. The first-order chi connectivity index (χ1) is 8.49. The first-order valence-corrected chi connectivity index (χ1v) is 5.28. The van der Waals surface area contributed by atoms with Gasteiger partial charge in [-0.3, -0.25) is 4.79 Å². The van der Waals surface area contributed by atoms with E-state index >= 15 is 0 Å². The van der Waals surface area contributed by atoms with E-state index in [1.165, 1.54) is 0 Å². The van der Waals surface area contributed by atoms with E-state index in [9.17, 15) is 4.79 Å². The highest BCUT2D eigenvalue weighted by Crippen LogP contribution is 2.08. The van der Waals surface area contributed by atoms with Crippen molar-refractivity contribution in [3.8, 4) is 0 Å². The van der Waals surface area contributed by atoms with Crippen LogP contribution >= 0.6 is 0 Å². The van der Waals surface area contributed by atoms with Crippen LogP contribution in [0.3, 0.4) is 0 Å². The molecule has 0 saturated carbocycles. The van der Waals surface area contributed by atoms with Crippen LogP contribution in [0.2, 0.25) is 0 Å². The van der Waals surface area contributed by atoms with Crippen molar-refractivity contribution in [3.05, 3.63) is 0 Å². The highest BCUT2D eigenvalue weighted by molar-refractivity contribution is 5.74. The topological polar surface area (TPSA) is 132 Å². The van der Waals surface area contributed by atoms with Gasteiger partial charge in [0, 0.05) is 20.6 Å². The van der Waals surface area contributed by atoms with Gasteiger partial charge in [-0.05, 0) is 0 Å². The highest BCUT2D eigenvalue weighted by atomic mass is 16.5. The third-order valence-electron chi connectivity index (χ3n) is 1.81. The van der Waals surface area contributed by atoms with Crippen molar-refractivity contribution >= 4 is 23.8 Å². The van der Waals surface area contributed by atoms with Gasteiger partial charge in [0.25, 0.3) is 0 Å². The van der Waals surface area contributed by atoms with E-state index in [1.807, 2.05) is 0 Å². The number of primary amides is 1. The number of hydrogen-bond acceptors (Lipinski definition) is 8. The average Bonchev–Trinajstić information content (AvgIpc) is 2.27. The van der Waals surface area contributed by atoms with Gasteiger partial charge in [0.05, 0.1) is 6.61 Å². The number of amides is 1. The first kappa shape index (κ1) is 13.9. The van der Waals surface area contributed by atoms with Gasteiger partial charge in [-0.15, -0.1) is 0 Å². The van der Waals surface area contributed by atoms with Crippen LogP contribution in [-0.2, 0) is 9.53 Å². The molecule has 1 amide bonds. The lowest BCUT2D eigenvalue weighted by atomic mass is 10.6. The summed E-state index contributed by atoms with van der Waals surface area (Å²) in [5.41, 5.74) is 10.5. The van der Waals surface area contributed by atoms with Crippen LogP contribution in [0.5, 0.6) is 0 Å². The van der Waals surface area contributed by atoms with Crippen LogP contribution in [-0.4, -0.2) is 54.7 Å². The maximum atomic E-state index is 10.4. The molecule has 9 nitrogen and oxygen atoms in total. The number of nitrogen functional groups attached to an aromatic ring is 1. The maximum Gasteiger partial charge on any atom is 0.243 e. The molecule has 0 aliphatic carbocycles. The summed E-state index contributed by atoms with van der Waals surface area (Å²) < 4.78 is 4.97. The molecule has 5 N–H and O–H groups in total. The Morgan fingerprint density at radius 1 is 1.39 bits per heavy atom. The van der Waals surface area contributed by atoms with E-state index in [4.69, 9.17) is 16.2 Å². The van der Waals surface area contributed by atoms with Gasteiger partial charge in [-0.2, -0.15) is 15.0 Å². The quantitative estimate of drug-likeness (QED) is 0.498. The highest BCUT2D eigenvalue weighted by Gasteiger charge is 2.05. The molecule has 0 unspecified atom stereocenters. The molecule has 0 radical (unpaired) electrons. The number of anilines is 3. The summed E-state index contributed by atoms with van der Waals surface area (Å²) in [4.78, 5) is 24.1. The van der Waals surface area contributed by atoms with Gasteiger partial charge in [0.2, 0.25) is 23.8 Å². The van der Waals surface area contributed by atoms with Crippen LogP contribution < -0.4 is 21.7 Å². The van der Waals surface area contributed by atoms with Crippen molar-refractivity contribution in [1.82, 2.24) is 15.0 Å². The Morgan fingerprint density at radius 2 is 2.11 bits per heavy atom. The van der Waals surface area contributed by atoms with Crippen molar-refractivity contribution in [2.75, 3.05) is 49.8 Å². The minimum Gasteiger partial charge on any atom is -0.370 e. The minimum atomic E-state index is -0.505. The fraction of sp³-hybridized carbons (Fsp3) is 0.556. The average molecular weight is 255 g/mol. The molecule has 0 aromatic carbocycles. The summed E-state index contributed by atoms with van der Waals surface area (Å²) in [6, 6.07) is 0. The van der Waals surface area contributed by atoms with Crippen LogP contribution in [0.1, 0.15) is 0 Å². The number of nitrogens with one attached hydrogen (secondary N) is 1. The molecule has 0 atom stereocenters. The maximum absolute atomic E-state index is 10.4. The largest absolute Gasteiger partial charge is 0.370 e. The third-order valence-corrected chi connectivity index (χ3v) is 1.81. The molecule has 0 saturated heterocycles. The molecular formula is C9H17N7O2. The molecule has 0 aliphatic heterocycles. The Morgan fingerprint density at radius 3 is 2.72 bits per heavy atom. The van der Waals surface area contributed by atoms with E-state index in [0.29, 0.717) is 25.0 Å². The van der Waals surface area contributed by atoms with Crippen LogP contribution in [0.25, 0.3) is 0 Å². The second-order valence-electron chi connectivity index (χ2n) is 3.66. The SMILES string of the molecule is CN(C)c1nc(N)nc(NCCOCC(N)=O)n1. The Labute approximate surface area is 105 Å². The minimum absolute atomic E-state index is 0.107. The summed E-state index contributed by atoms with van der Waals surface area (Å²) in [7, 11) is 3.60. The number of nitrogens with two attached hydrogens (primary N) is 2. The predicted molar refractivity (Wildman–Crippen MR) is 67.1 cm³/mol. The van der Waals surface area contributed by atoms with Crippen LogP contribution in [0, 0.1) is 0 Å². The van der Waals surface area contributed by atoms with E-state index in [1.54, 1.807) is 19.0 Å². The van der Waals surface area contributed by atoms with Crippen molar-refractivity contribution < 1.29 is 9.53 Å². The van der Waals surface area contributed by atoms with Gasteiger partial charge < -0.3 is 26.4 Å². The van der Waals surface area contributed by atoms with Crippen LogP contribution in [0.4, 0.5) is 17.8 Å². The molecule has 0 spiro atoms. The molecule has 1 rings (SSSR count). The molecular weight excluding hydrogens is 238 g/mol. The first-order valence-electron chi connectivity index (χ1n) is 5.28. The molecule has 0 bridgehead atoms. The number of ether oxygens (including phenoxy) is 1. The second-order valence-corrected chi connectivity index (χ2v) is 3.66. The van der Waals surface area contributed by atoms with Gasteiger partial charge in [0.1, 0.15) is 6.61 Å². The predicted octanol–water partition coefficient (Wildman–Crippen LogP) is -1.57. The third kappa shape index (κ3) is 4.78. The lowest BCUT2D eigenvalue weighted by Crippen LogP contribution is -2.21. The number of nitrogens with zero attached hydrogens (tertiary/aromatic N) is 4. The monoisotopic (exact) mass is 255 g/mol. The normalized spacial score (nSPS) is 10.1. The van der Waals surface area contributed by atoms with Crippen molar-refractivity contribution in [3.63, 3.8) is 0 Å². The summed E-state index contributed by atoms with van der Waals surface area (Å²) in [5, 5.41) is 2.91. The zero-order chi connectivity index (χ0) is 13.5. The van der Waals surface area contributed by atoms with E-state index < -0.39 is 5.91 Å². The number of hydrogen-bond donors (Lipinski definition) is 3. The number of rotatable bonds is 7. The van der Waals surface area contributed by atoms with Gasteiger partial charge in [-0.1, -0.05) is 0 Å². The smallest absolute Gasteiger partial charge is 0.243 e. The van der Waals surface area contributed by atoms with Crippen LogP contribution in [0.15, 0.2) is 0 Å². The van der Waals surface area contributed by atoms with E-state index in [2.05, 4.69) is 20.3 Å². The summed E-state index contributed by atoms with van der Waals surface area (Å²) in [6.07, 6.45) is 0. The van der Waals surface area contributed by atoms with Gasteiger partial charge in [-0.25, -0.2) is 0 Å². The molecule has 18 heavy (non-hydrogen) atoms. The molecule has 100 valence electrons. The standard InChI is InChI=1S/C9H17N7O2/c1-16(2)9-14-7(11)13-8(15-9)12-3-4-18-5-6(10)17/h3-5H2,1-2H3,(H2,10,17)(H3,11,12,13,14,15). The van der Waals surface area contributed by atoms with Crippen molar-refractivity contribution in [1.29, 1.82) is 0 Å². The molecule has 1 heterocycles. The van der Waals surface area contributed by atoms with Crippen molar-refractivity contribution in [2.24, 2.45) is 5.73 Å². The second kappa shape index (κ2) is 6.55. The Hall–Kier alpha value is -2.16. The molecule has 0 fully saturated rings. The summed E-state index contributed by atoms with van der Waals surface area (Å²) in [6.45, 7) is 0.638. The summed E-state index contributed by atoms with van der Waals surface area (Å²) in [5.74, 6) is 0.445. The van der Waals surface area contributed by atoms with Gasteiger partial charge in [0.15, 0.2) is 0 Å².